The molecule has 1 aromatic heterocycles. The number of anilines is 1. The van der Waals surface area contributed by atoms with Crippen molar-refractivity contribution in [3.63, 3.8) is 0 Å². The Morgan fingerprint density at radius 3 is 2.64 bits per heavy atom. The van der Waals surface area contributed by atoms with Gasteiger partial charge in [-0.2, -0.15) is 29.9 Å². The van der Waals surface area contributed by atoms with Crippen molar-refractivity contribution < 1.29 is 32.0 Å². The second-order valence-corrected chi connectivity index (χ2v) is 8.25. The van der Waals surface area contributed by atoms with Crippen LogP contribution in [0.4, 0.5) is 29.1 Å². The number of carbonyl (C=O) groups excluding carboxylic acids is 1. The van der Waals surface area contributed by atoms with Gasteiger partial charge in [-0.25, -0.2) is 4.39 Å². The van der Waals surface area contributed by atoms with E-state index in [-0.39, 0.29) is 31.3 Å². The molecule has 0 bridgehead atoms. The first-order chi connectivity index (χ1) is 15.6. The maximum absolute atomic E-state index is 13.8. The molecule has 1 aliphatic heterocycles. The average Bonchev–Trinajstić information content (AvgIpc) is 2.78. The van der Waals surface area contributed by atoms with Crippen LogP contribution >= 0.6 is 11.8 Å². The summed E-state index contributed by atoms with van der Waals surface area (Å²) < 4.78 is 59.0. The standard InChI is InChI=1S/C20H20F4N4O4S/c21-16-3-2-14(28(30)31)12-15(16)19(29)25-4-1-7-32-18-11-13(20(22,23)24)10-17(26-18)27-5-8-33-9-6-27/h2-3,10-12H,1,4-9H2,(H,25,29). The molecule has 0 spiro atoms. The first-order valence-electron chi connectivity index (χ1n) is 9.92. The number of hydrogen-bond acceptors (Lipinski definition) is 7. The molecule has 1 aromatic carbocycles. The summed E-state index contributed by atoms with van der Waals surface area (Å²) in [6.07, 6.45) is -4.37. The Kier molecular flexibility index (Phi) is 7.95. The number of pyridine rings is 1. The highest BCUT2D eigenvalue weighted by atomic mass is 32.2. The Morgan fingerprint density at radius 2 is 1.97 bits per heavy atom. The fourth-order valence-corrected chi connectivity index (χ4v) is 3.93. The lowest BCUT2D eigenvalue weighted by Crippen LogP contribution is -2.33. The van der Waals surface area contributed by atoms with Gasteiger partial charge in [0.1, 0.15) is 11.6 Å². The summed E-state index contributed by atoms with van der Waals surface area (Å²) >= 11 is 1.72. The summed E-state index contributed by atoms with van der Waals surface area (Å²) in [4.78, 5) is 28.1. The molecule has 0 aliphatic carbocycles. The normalized spacial score (nSPS) is 14.1. The van der Waals surface area contributed by atoms with Crippen molar-refractivity contribution in [1.29, 1.82) is 0 Å². The monoisotopic (exact) mass is 488 g/mol. The van der Waals surface area contributed by atoms with E-state index in [2.05, 4.69) is 10.3 Å². The molecule has 1 aliphatic rings. The molecule has 1 amide bonds. The van der Waals surface area contributed by atoms with E-state index in [0.717, 1.165) is 41.8 Å². The van der Waals surface area contributed by atoms with Gasteiger partial charge in [0.05, 0.1) is 22.7 Å². The van der Waals surface area contributed by atoms with Gasteiger partial charge in [-0.05, 0) is 18.6 Å². The molecule has 33 heavy (non-hydrogen) atoms. The molecular formula is C20H20F4N4O4S. The summed E-state index contributed by atoms with van der Waals surface area (Å²) in [6, 6.07) is 4.41. The maximum atomic E-state index is 13.8. The third-order valence-corrected chi connectivity index (χ3v) is 5.66. The van der Waals surface area contributed by atoms with Crippen LogP contribution in [0.3, 0.4) is 0 Å². The summed E-state index contributed by atoms with van der Waals surface area (Å²) in [5.41, 5.74) is -1.77. The molecule has 0 radical (unpaired) electrons. The van der Waals surface area contributed by atoms with Gasteiger partial charge in [-0.3, -0.25) is 14.9 Å². The van der Waals surface area contributed by atoms with Crippen LogP contribution < -0.4 is 15.0 Å². The third kappa shape index (κ3) is 6.70. The van der Waals surface area contributed by atoms with Crippen molar-refractivity contribution >= 4 is 29.2 Å². The number of aromatic nitrogens is 1. The van der Waals surface area contributed by atoms with Gasteiger partial charge in [0, 0.05) is 49.3 Å². The highest BCUT2D eigenvalue weighted by molar-refractivity contribution is 7.99. The molecule has 3 rings (SSSR count). The van der Waals surface area contributed by atoms with Crippen molar-refractivity contribution in [2.24, 2.45) is 0 Å². The lowest BCUT2D eigenvalue weighted by molar-refractivity contribution is -0.384. The van der Waals surface area contributed by atoms with Crippen LogP contribution in [0.1, 0.15) is 22.3 Å². The summed E-state index contributed by atoms with van der Waals surface area (Å²) in [7, 11) is 0. The third-order valence-electron chi connectivity index (χ3n) is 4.71. The first-order valence-corrected chi connectivity index (χ1v) is 11.1. The number of nitro groups is 1. The SMILES string of the molecule is O=C(NCCCOc1cc(C(F)(F)F)cc(N2CCSCC2)n1)c1cc([N+](=O)[O-])ccc1F. The van der Waals surface area contributed by atoms with Crippen molar-refractivity contribution in [3.8, 4) is 5.88 Å². The molecule has 0 saturated carbocycles. The summed E-state index contributed by atoms with van der Waals surface area (Å²) in [5, 5.41) is 13.2. The molecule has 13 heteroatoms. The van der Waals surface area contributed by atoms with E-state index < -0.39 is 39.6 Å². The Hall–Kier alpha value is -3.09. The predicted octanol–water partition coefficient (Wildman–Crippen LogP) is 3.90. The molecular weight excluding hydrogens is 468 g/mol. The van der Waals surface area contributed by atoms with Gasteiger partial charge >= 0.3 is 6.18 Å². The summed E-state index contributed by atoms with van der Waals surface area (Å²) in [6.45, 7) is 1.12. The highest BCUT2D eigenvalue weighted by Gasteiger charge is 2.32. The number of hydrogen-bond donors (Lipinski definition) is 1. The maximum Gasteiger partial charge on any atom is 0.416 e. The van der Waals surface area contributed by atoms with Crippen LogP contribution in [-0.2, 0) is 6.18 Å². The predicted molar refractivity (Wildman–Crippen MR) is 114 cm³/mol. The second-order valence-electron chi connectivity index (χ2n) is 7.03. The number of amides is 1. The number of alkyl halides is 3. The van der Waals surface area contributed by atoms with Crippen LogP contribution in [0.5, 0.6) is 5.88 Å². The van der Waals surface area contributed by atoms with Crippen LogP contribution in [0, 0.1) is 15.9 Å². The topological polar surface area (TPSA) is 97.6 Å². The van der Waals surface area contributed by atoms with Gasteiger partial charge < -0.3 is 15.0 Å². The molecule has 1 fully saturated rings. The zero-order chi connectivity index (χ0) is 24.0. The quantitative estimate of drug-likeness (QED) is 0.261. The molecule has 8 nitrogen and oxygen atoms in total. The van der Waals surface area contributed by atoms with Crippen LogP contribution in [0.15, 0.2) is 30.3 Å². The number of nitrogens with zero attached hydrogens (tertiary/aromatic N) is 3. The molecule has 1 saturated heterocycles. The number of benzene rings is 1. The number of nitrogens with one attached hydrogen (secondary N) is 1. The fourth-order valence-electron chi connectivity index (χ4n) is 3.03. The van der Waals surface area contributed by atoms with E-state index in [1.807, 2.05) is 0 Å². The molecule has 178 valence electrons. The zero-order valence-electron chi connectivity index (χ0n) is 17.2. The second kappa shape index (κ2) is 10.7. The van der Waals surface area contributed by atoms with Gasteiger partial charge in [-0.15, -0.1) is 0 Å². The van der Waals surface area contributed by atoms with E-state index in [9.17, 15) is 32.5 Å². The Morgan fingerprint density at radius 1 is 1.24 bits per heavy atom. The van der Waals surface area contributed by atoms with Crippen molar-refractivity contribution in [2.45, 2.75) is 12.6 Å². The first kappa shape index (κ1) is 24.6. The molecule has 2 heterocycles. The van der Waals surface area contributed by atoms with Crippen LogP contribution in [0.25, 0.3) is 0 Å². The van der Waals surface area contributed by atoms with Crippen LogP contribution in [0.2, 0.25) is 0 Å². The lowest BCUT2D eigenvalue weighted by atomic mass is 10.1. The van der Waals surface area contributed by atoms with E-state index in [1.54, 1.807) is 16.7 Å². The van der Waals surface area contributed by atoms with Gasteiger partial charge in [0.15, 0.2) is 0 Å². The number of halogens is 4. The molecule has 1 N–H and O–H groups in total. The van der Waals surface area contributed by atoms with E-state index >= 15 is 0 Å². The zero-order valence-corrected chi connectivity index (χ0v) is 18.0. The van der Waals surface area contributed by atoms with E-state index in [4.69, 9.17) is 4.74 Å². The minimum absolute atomic E-state index is 0.0101. The van der Waals surface area contributed by atoms with Crippen molar-refractivity contribution in [2.75, 3.05) is 42.6 Å². The minimum atomic E-state index is -4.56. The Balaban J connectivity index is 1.57. The number of ether oxygens (including phenoxy) is 1. The number of nitro benzene ring substituents is 1. The minimum Gasteiger partial charge on any atom is -0.478 e. The fraction of sp³-hybridized carbons (Fsp3) is 0.400. The van der Waals surface area contributed by atoms with Gasteiger partial charge in [0.2, 0.25) is 5.88 Å². The molecule has 0 unspecified atom stereocenters. The lowest BCUT2D eigenvalue weighted by Gasteiger charge is -2.28. The number of thioether (sulfide) groups is 1. The Bertz CT molecular complexity index is 1020. The van der Waals surface area contributed by atoms with E-state index in [0.29, 0.717) is 13.1 Å². The van der Waals surface area contributed by atoms with Gasteiger partial charge in [0.25, 0.3) is 11.6 Å². The van der Waals surface area contributed by atoms with Crippen molar-refractivity contribution in [3.05, 3.63) is 57.4 Å². The molecule has 0 atom stereocenters. The number of carbonyl (C=O) groups is 1. The Labute approximate surface area is 190 Å². The average molecular weight is 488 g/mol. The smallest absolute Gasteiger partial charge is 0.416 e. The number of non-ortho nitro benzene ring substituents is 1. The van der Waals surface area contributed by atoms with E-state index in [1.165, 1.54) is 0 Å². The highest BCUT2D eigenvalue weighted by Crippen LogP contribution is 2.34. The van der Waals surface area contributed by atoms with Crippen LogP contribution in [-0.4, -0.2) is 53.6 Å². The van der Waals surface area contributed by atoms with Gasteiger partial charge in [-0.1, -0.05) is 0 Å². The molecule has 2 aromatic rings. The number of rotatable bonds is 8. The largest absolute Gasteiger partial charge is 0.478 e. The summed E-state index contributed by atoms with van der Waals surface area (Å²) in [5.74, 6) is -0.175. The van der Waals surface area contributed by atoms with Crippen molar-refractivity contribution in [1.82, 2.24) is 10.3 Å².